The van der Waals surface area contributed by atoms with Crippen LogP contribution in [0.3, 0.4) is 0 Å². The van der Waals surface area contributed by atoms with E-state index in [0.717, 1.165) is 5.69 Å². The Morgan fingerprint density at radius 2 is 2.18 bits per heavy atom. The summed E-state index contributed by atoms with van der Waals surface area (Å²) < 4.78 is 9.90. The number of carbonyl (C=O) groups is 2. The Morgan fingerprint density at radius 3 is 2.82 bits per heavy atom. The molecule has 0 aromatic heterocycles. The number of nitrogens with zero attached hydrogens (tertiary/aromatic N) is 1. The van der Waals surface area contributed by atoms with Crippen molar-refractivity contribution in [1.29, 1.82) is 0 Å². The monoisotopic (exact) mass is 235 g/mol. The van der Waals surface area contributed by atoms with Crippen LogP contribution in [-0.4, -0.2) is 31.3 Å². The fraction of sp³-hybridized carbons (Fsp3) is 0.333. The molecule has 0 unspecified atom stereocenters. The van der Waals surface area contributed by atoms with Crippen LogP contribution in [0.25, 0.3) is 0 Å². The van der Waals surface area contributed by atoms with Gasteiger partial charge < -0.3 is 9.47 Å². The molecule has 0 saturated carbocycles. The van der Waals surface area contributed by atoms with Gasteiger partial charge in [0.2, 0.25) is 0 Å². The highest BCUT2D eigenvalue weighted by Gasteiger charge is 2.32. The number of esters is 1. The molecule has 0 spiro atoms. The zero-order chi connectivity index (χ0) is 12.3. The normalized spacial score (nSPS) is 19.0. The summed E-state index contributed by atoms with van der Waals surface area (Å²) in [5.74, 6) is -0.376. The first-order valence-electron chi connectivity index (χ1n) is 5.33. The van der Waals surface area contributed by atoms with E-state index < -0.39 is 12.2 Å². The molecular weight excluding hydrogens is 222 g/mol. The van der Waals surface area contributed by atoms with Gasteiger partial charge in [-0.25, -0.2) is 4.79 Å². The zero-order valence-electron chi connectivity index (χ0n) is 9.46. The Morgan fingerprint density at radius 1 is 1.47 bits per heavy atom. The smallest absolute Gasteiger partial charge is 0.414 e. The molecule has 0 radical (unpaired) electrons. The fourth-order valence-corrected chi connectivity index (χ4v) is 1.64. The van der Waals surface area contributed by atoms with Gasteiger partial charge in [0, 0.05) is 12.6 Å². The molecule has 1 aromatic rings. The number of cyclic esters (lactones) is 1. The van der Waals surface area contributed by atoms with Crippen LogP contribution in [0.15, 0.2) is 30.3 Å². The van der Waals surface area contributed by atoms with Crippen molar-refractivity contribution in [3.8, 4) is 0 Å². The van der Waals surface area contributed by atoms with Gasteiger partial charge in [0.15, 0.2) is 6.10 Å². The second-order valence-electron chi connectivity index (χ2n) is 3.75. The van der Waals surface area contributed by atoms with Crippen LogP contribution in [0.4, 0.5) is 10.5 Å². The van der Waals surface area contributed by atoms with Crippen molar-refractivity contribution in [1.82, 2.24) is 0 Å². The lowest BCUT2D eigenvalue weighted by atomic mass is 10.3. The molecule has 17 heavy (non-hydrogen) atoms. The van der Waals surface area contributed by atoms with E-state index in [0.29, 0.717) is 6.54 Å². The van der Waals surface area contributed by atoms with Crippen LogP contribution in [0.2, 0.25) is 0 Å². The second-order valence-corrected chi connectivity index (χ2v) is 3.75. The average molecular weight is 235 g/mol. The first-order chi connectivity index (χ1) is 8.16. The first kappa shape index (κ1) is 11.4. The van der Waals surface area contributed by atoms with Crippen molar-refractivity contribution in [2.45, 2.75) is 13.0 Å². The first-order valence-corrected chi connectivity index (χ1v) is 5.33. The molecule has 1 amide bonds. The molecule has 90 valence electrons. The Labute approximate surface area is 98.9 Å². The van der Waals surface area contributed by atoms with Gasteiger partial charge in [0.05, 0.1) is 6.54 Å². The molecule has 0 aliphatic carbocycles. The molecule has 5 heteroatoms. The molecule has 1 saturated heterocycles. The minimum absolute atomic E-state index is 0.102. The molecule has 1 heterocycles. The third-order valence-electron chi connectivity index (χ3n) is 2.41. The van der Waals surface area contributed by atoms with Gasteiger partial charge in [0.25, 0.3) is 0 Å². The number of hydrogen-bond donors (Lipinski definition) is 0. The van der Waals surface area contributed by atoms with Gasteiger partial charge in [-0.15, -0.1) is 0 Å². The topological polar surface area (TPSA) is 55.8 Å². The van der Waals surface area contributed by atoms with Gasteiger partial charge in [-0.2, -0.15) is 0 Å². The van der Waals surface area contributed by atoms with Crippen LogP contribution in [0, 0.1) is 0 Å². The maximum absolute atomic E-state index is 11.6. The number of rotatable bonds is 3. The lowest BCUT2D eigenvalue weighted by Gasteiger charge is -2.12. The molecule has 0 N–H and O–H groups in total. The summed E-state index contributed by atoms with van der Waals surface area (Å²) in [5.41, 5.74) is 0.780. The Kier molecular flexibility index (Phi) is 3.27. The van der Waals surface area contributed by atoms with Crippen molar-refractivity contribution in [2.24, 2.45) is 0 Å². The standard InChI is InChI=1S/C12H13NO4/c1-9(14)16-8-11-7-13(12(15)17-11)10-5-3-2-4-6-10/h2-6,11H,7-8H2,1H3/t11-/m1/s1. The van der Waals surface area contributed by atoms with Crippen LogP contribution >= 0.6 is 0 Å². The SMILES string of the molecule is CC(=O)OC[C@H]1CN(c2ccccc2)C(=O)O1. The van der Waals surface area contributed by atoms with Crippen molar-refractivity contribution >= 4 is 17.7 Å². The third-order valence-corrected chi connectivity index (χ3v) is 2.41. The fourth-order valence-electron chi connectivity index (χ4n) is 1.64. The Hall–Kier alpha value is -2.04. The van der Waals surface area contributed by atoms with Crippen molar-refractivity contribution < 1.29 is 19.1 Å². The van der Waals surface area contributed by atoms with E-state index >= 15 is 0 Å². The molecule has 2 rings (SSSR count). The number of amides is 1. The molecule has 5 nitrogen and oxygen atoms in total. The number of anilines is 1. The number of hydrogen-bond acceptors (Lipinski definition) is 4. The maximum Gasteiger partial charge on any atom is 0.414 e. The zero-order valence-corrected chi connectivity index (χ0v) is 9.46. The van der Waals surface area contributed by atoms with E-state index in [4.69, 9.17) is 9.47 Å². The minimum atomic E-state index is -0.409. The van der Waals surface area contributed by atoms with Gasteiger partial charge >= 0.3 is 12.1 Å². The van der Waals surface area contributed by atoms with Gasteiger partial charge in [-0.1, -0.05) is 18.2 Å². The average Bonchev–Trinajstić information content (AvgIpc) is 2.69. The van der Waals surface area contributed by atoms with Crippen LogP contribution in [0.5, 0.6) is 0 Å². The van der Waals surface area contributed by atoms with Crippen LogP contribution in [0.1, 0.15) is 6.92 Å². The highest BCUT2D eigenvalue weighted by atomic mass is 16.6. The second kappa shape index (κ2) is 4.86. The lowest BCUT2D eigenvalue weighted by Crippen LogP contribution is -2.26. The number of ether oxygens (including phenoxy) is 2. The van der Waals surface area contributed by atoms with E-state index in [1.165, 1.54) is 11.8 Å². The highest BCUT2D eigenvalue weighted by molar-refractivity contribution is 5.89. The summed E-state index contributed by atoms with van der Waals surface area (Å²) in [5, 5.41) is 0. The van der Waals surface area contributed by atoms with E-state index in [-0.39, 0.29) is 12.6 Å². The summed E-state index contributed by atoms with van der Waals surface area (Å²) in [6.07, 6.45) is -0.806. The van der Waals surface area contributed by atoms with E-state index in [9.17, 15) is 9.59 Å². The number of carbonyl (C=O) groups excluding carboxylic acids is 2. The van der Waals surface area contributed by atoms with Crippen LogP contribution < -0.4 is 4.90 Å². The number of benzene rings is 1. The predicted octanol–water partition coefficient (Wildman–Crippen LogP) is 1.57. The molecule has 1 atom stereocenters. The van der Waals surface area contributed by atoms with Crippen molar-refractivity contribution in [3.63, 3.8) is 0 Å². The number of para-hydroxylation sites is 1. The molecular formula is C12H13NO4. The maximum atomic E-state index is 11.6. The summed E-state index contributed by atoms with van der Waals surface area (Å²) in [6, 6.07) is 9.23. The summed E-state index contributed by atoms with van der Waals surface area (Å²) in [6.45, 7) is 1.83. The minimum Gasteiger partial charge on any atom is -0.462 e. The lowest BCUT2D eigenvalue weighted by molar-refractivity contribution is -0.143. The summed E-state index contributed by atoms with van der Waals surface area (Å²) in [4.78, 5) is 23.8. The van der Waals surface area contributed by atoms with Gasteiger partial charge in [-0.05, 0) is 12.1 Å². The van der Waals surface area contributed by atoms with Gasteiger partial charge in [-0.3, -0.25) is 9.69 Å². The van der Waals surface area contributed by atoms with Crippen LogP contribution in [-0.2, 0) is 14.3 Å². The van der Waals surface area contributed by atoms with E-state index in [1.807, 2.05) is 30.3 Å². The quantitative estimate of drug-likeness (QED) is 0.746. The molecule has 1 aromatic carbocycles. The Balaban J connectivity index is 1.98. The molecule has 0 bridgehead atoms. The van der Waals surface area contributed by atoms with E-state index in [1.54, 1.807) is 0 Å². The summed E-state index contributed by atoms with van der Waals surface area (Å²) in [7, 11) is 0. The highest BCUT2D eigenvalue weighted by Crippen LogP contribution is 2.21. The third kappa shape index (κ3) is 2.75. The van der Waals surface area contributed by atoms with Gasteiger partial charge in [0.1, 0.15) is 6.61 Å². The predicted molar refractivity (Wildman–Crippen MR) is 60.7 cm³/mol. The Bertz CT molecular complexity index is 418. The molecule has 1 fully saturated rings. The molecule has 1 aliphatic rings. The summed E-state index contributed by atoms with van der Waals surface area (Å²) >= 11 is 0. The van der Waals surface area contributed by atoms with E-state index in [2.05, 4.69) is 0 Å². The van der Waals surface area contributed by atoms with Crippen molar-refractivity contribution in [3.05, 3.63) is 30.3 Å². The molecule has 1 aliphatic heterocycles. The van der Waals surface area contributed by atoms with Crippen molar-refractivity contribution in [2.75, 3.05) is 18.1 Å². The largest absolute Gasteiger partial charge is 0.462 e.